The van der Waals surface area contributed by atoms with Crippen LogP contribution in [0.3, 0.4) is 0 Å². The van der Waals surface area contributed by atoms with Gasteiger partial charge in [0.05, 0.1) is 20.6 Å². The van der Waals surface area contributed by atoms with Gasteiger partial charge in [-0.25, -0.2) is 0 Å². The molecule has 0 saturated heterocycles. The van der Waals surface area contributed by atoms with Gasteiger partial charge in [-0.2, -0.15) is 0 Å². The van der Waals surface area contributed by atoms with E-state index in [0.29, 0.717) is 0 Å². The van der Waals surface area contributed by atoms with Crippen LogP contribution in [0, 0.1) is 0 Å². The van der Waals surface area contributed by atoms with Crippen LogP contribution < -0.4 is 0 Å². The largest absolute Gasteiger partial charge is 0.387 e. The van der Waals surface area contributed by atoms with Crippen molar-refractivity contribution >= 4 is 0 Å². The van der Waals surface area contributed by atoms with Crippen LogP contribution in [0.2, 0.25) is 0 Å². The molecule has 0 aromatic carbocycles. The Bertz CT molecular complexity index is 216. The van der Waals surface area contributed by atoms with Crippen LogP contribution in [0.15, 0.2) is 0 Å². The molecule has 0 radical (unpaired) electrons. The molecular formula is C19H42NO+. The molecule has 1 unspecified atom stereocenters. The number of hydrogen-bond donors (Lipinski definition) is 1. The lowest BCUT2D eigenvalue weighted by atomic mass is 10.0. The standard InChI is InChI=1S/C19H42NO/c1-5-7-8-9-10-11-12-13-14-15-16-19(21)18-20(3,4)17-6-2/h19,21H,5-18H2,1-4H3/q+1. The quantitative estimate of drug-likeness (QED) is 0.328. The summed E-state index contributed by atoms with van der Waals surface area (Å²) in [5, 5.41) is 10.1. The van der Waals surface area contributed by atoms with Gasteiger partial charge in [0.2, 0.25) is 0 Å². The summed E-state index contributed by atoms with van der Waals surface area (Å²) in [5.74, 6) is 0. The molecule has 2 heteroatoms. The number of nitrogens with zero attached hydrogens (tertiary/aromatic N) is 1. The van der Waals surface area contributed by atoms with Crippen molar-refractivity contribution in [2.45, 2.75) is 97.0 Å². The van der Waals surface area contributed by atoms with E-state index in [1.807, 2.05) is 0 Å². The highest BCUT2D eigenvalue weighted by atomic mass is 16.3. The molecule has 0 aromatic heterocycles. The fourth-order valence-corrected chi connectivity index (χ4v) is 3.23. The Hall–Kier alpha value is -0.0800. The van der Waals surface area contributed by atoms with E-state index < -0.39 is 0 Å². The minimum absolute atomic E-state index is 0.111. The SMILES string of the molecule is CCCCCCCCCCCCC(O)C[N+](C)(C)CCC. The molecule has 0 heterocycles. The highest BCUT2D eigenvalue weighted by Gasteiger charge is 2.18. The summed E-state index contributed by atoms with van der Waals surface area (Å²) >= 11 is 0. The summed E-state index contributed by atoms with van der Waals surface area (Å²) in [4.78, 5) is 0. The van der Waals surface area contributed by atoms with Crippen molar-refractivity contribution in [3.8, 4) is 0 Å². The Labute approximate surface area is 134 Å². The molecule has 0 spiro atoms. The summed E-state index contributed by atoms with van der Waals surface area (Å²) in [5.41, 5.74) is 0. The van der Waals surface area contributed by atoms with Crippen molar-refractivity contribution in [3.63, 3.8) is 0 Å². The molecule has 0 aliphatic carbocycles. The maximum atomic E-state index is 10.1. The normalized spacial score (nSPS) is 13.6. The van der Waals surface area contributed by atoms with Gasteiger partial charge in [-0.15, -0.1) is 0 Å². The van der Waals surface area contributed by atoms with E-state index in [-0.39, 0.29) is 6.10 Å². The first kappa shape index (κ1) is 20.9. The number of hydrogen-bond acceptors (Lipinski definition) is 1. The third-order valence-corrected chi connectivity index (χ3v) is 4.42. The second-order valence-corrected chi connectivity index (χ2v) is 7.47. The lowest BCUT2D eigenvalue weighted by Crippen LogP contribution is -2.45. The Kier molecular flexibility index (Phi) is 13.5. The number of aliphatic hydroxyl groups is 1. The van der Waals surface area contributed by atoms with Gasteiger partial charge in [0.1, 0.15) is 12.6 Å². The Morgan fingerprint density at radius 1 is 0.714 bits per heavy atom. The van der Waals surface area contributed by atoms with Gasteiger partial charge in [-0.05, 0) is 12.8 Å². The van der Waals surface area contributed by atoms with Gasteiger partial charge in [-0.1, -0.05) is 78.1 Å². The highest BCUT2D eigenvalue weighted by Crippen LogP contribution is 2.13. The van der Waals surface area contributed by atoms with Crippen LogP contribution in [-0.4, -0.2) is 42.9 Å². The summed E-state index contributed by atoms with van der Waals surface area (Å²) in [6.45, 7) is 6.56. The maximum Gasteiger partial charge on any atom is 0.105 e. The van der Waals surface area contributed by atoms with Crippen molar-refractivity contribution < 1.29 is 9.59 Å². The number of unbranched alkanes of at least 4 members (excludes halogenated alkanes) is 9. The highest BCUT2D eigenvalue weighted by molar-refractivity contribution is 4.56. The van der Waals surface area contributed by atoms with E-state index >= 15 is 0 Å². The first-order valence-electron chi connectivity index (χ1n) is 9.52. The molecule has 0 saturated carbocycles. The zero-order valence-electron chi connectivity index (χ0n) is 15.4. The van der Waals surface area contributed by atoms with Crippen LogP contribution in [0.5, 0.6) is 0 Å². The van der Waals surface area contributed by atoms with E-state index in [4.69, 9.17) is 0 Å². The number of aliphatic hydroxyl groups excluding tert-OH is 1. The second-order valence-electron chi connectivity index (χ2n) is 7.47. The minimum Gasteiger partial charge on any atom is -0.387 e. The lowest BCUT2D eigenvalue weighted by molar-refractivity contribution is -0.893. The predicted molar refractivity (Wildman–Crippen MR) is 94.6 cm³/mol. The van der Waals surface area contributed by atoms with E-state index in [2.05, 4.69) is 27.9 Å². The zero-order chi connectivity index (χ0) is 16.0. The molecule has 0 fully saturated rings. The zero-order valence-corrected chi connectivity index (χ0v) is 15.4. The smallest absolute Gasteiger partial charge is 0.105 e. The predicted octanol–water partition coefficient (Wildman–Crippen LogP) is 5.14. The number of rotatable bonds is 15. The first-order chi connectivity index (χ1) is 10.0. The van der Waals surface area contributed by atoms with Crippen LogP contribution in [-0.2, 0) is 0 Å². The van der Waals surface area contributed by atoms with E-state index in [9.17, 15) is 5.11 Å². The molecule has 21 heavy (non-hydrogen) atoms. The average molecular weight is 301 g/mol. The van der Waals surface area contributed by atoms with Crippen molar-refractivity contribution in [1.29, 1.82) is 0 Å². The van der Waals surface area contributed by atoms with Crippen molar-refractivity contribution in [1.82, 2.24) is 0 Å². The fraction of sp³-hybridized carbons (Fsp3) is 1.00. The van der Waals surface area contributed by atoms with Gasteiger partial charge < -0.3 is 9.59 Å². The lowest BCUT2D eigenvalue weighted by Gasteiger charge is -2.31. The number of quaternary nitrogens is 1. The van der Waals surface area contributed by atoms with Gasteiger partial charge in [0.15, 0.2) is 0 Å². The monoisotopic (exact) mass is 300 g/mol. The molecule has 1 atom stereocenters. The fourth-order valence-electron chi connectivity index (χ4n) is 3.23. The minimum atomic E-state index is -0.111. The Morgan fingerprint density at radius 3 is 1.67 bits per heavy atom. The Balaban J connectivity index is 3.34. The summed E-state index contributed by atoms with van der Waals surface area (Å²) in [6, 6.07) is 0. The van der Waals surface area contributed by atoms with E-state index in [0.717, 1.165) is 24.0 Å². The van der Waals surface area contributed by atoms with Crippen molar-refractivity contribution in [2.24, 2.45) is 0 Å². The van der Waals surface area contributed by atoms with Gasteiger partial charge in [-0.3, -0.25) is 0 Å². The second kappa shape index (κ2) is 13.6. The van der Waals surface area contributed by atoms with E-state index in [1.165, 1.54) is 70.6 Å². The molecule has 128 valence electrons. The topological polar surface area (TPSA) is 20.2 Å². The van der Waals surface area contributed by atoms with Gasteiger partial charge in [0.25, 0.3) is 0 Å². The molecular weight excluding hydrogens is 258 g/mol. The Morgan fingerprint density at radius 2 is 1.19 bits per heavy atom. The summed E-state index contributed by atoms with van der Waals surface area (Å²) in [7, 11) is 4.45. The molecule has 0 aromatic rings. The van der Waals surface area contributed by atoms with Gasteiger partial charge >= 0.3 is 0 Å². The van der Waals surface area contributed by atoms with Crippen LogP contribution in [0.25, 0.3) is 0 Å². The maximum absolute atomic E-state index is 10.1. The van der Waals surface area contributed by atoms with Crippen LogP contribution in [0.4, 0.5) is 0 Å². The molecule has 0 aliphatic heterocycles. The summed E-state index contributed by atoms with van der Waals surface area (Å²) < 4.78 is 0.954. The third-order valence-electron chi connectivity index (χ3n) is 4.42. The van der Waals surface area contributed by atoms with Crippen LogP contribution >= 0.6 is 0 Å². The van der Waals surface area contributed by atoms with Crippen LogP contribution in [0.1, 0.15) is 90.9 Å². The molecule has 0 amide bonds. The van der Waals surface area contributed by atoms with E-state index in [1.54, 1.807) is 0 Å². The molecule has 0 bridgehead atoms. The first-order valence-corrected chi connectivity index (χ1v) is 9.52. The molecule has 0 rings (SSSR count). The number of likely N-dealkylation sites (N-methyl/N-ethyl adjacent to an activating group) is 1. The third kappa shape index (κ3) is 14.6. The van der Waals surface area contributed by atoms with Crippen molar-refractivity contribution in [3.05, 3.63) is 0 Å². The molecule has 2 nitrogen and oxygen atoms in total. The molecule has 0 aliphatic rings. The van der Waals surface area contributed by atoms with Gasteiger partial charge in [0, 0.05) is 0 Å². The van der Waals surface area contributed by atoms with Crippen molar-refractivity contribution in [2.75, 3.05) is 27.2 Å². The molecule has 1 N–H and O–H groups in total. The summed E-state index contributed by atoms with van der Waals surface area (Å²) in [6.07, 6.45) is 15.7. The average Bonchev–Trinajstić information content (AvgIpc) is 2.40.